The van der Waals surface area contributed by atoms with Gasteiger partial charge in [-0.2, -0.15) is 13.2 Å². The van der Waals surface area contributed by atoms with Crippen molar-refractivity contribution in [1.82, 2.24) is 5.32 Å². The Kier molecular flexibility index (Phi) is 5.52. The van der Waals surface area contributed by atoms with E-state index in [-0.39, 0.29) is 12.1 Å². The van der Waals surface area contributed by atoms with Gasteiger partial charge >= 0.3 is 11.5 Å². The number of amides is 2. The summed E-state index contributed by atoms with van der Waals surface area (Å²) in [6.07, 6.45) is 0. The fraction of sp³-hybridized carbons (Fsp3) is 0.364. The number of nitrogens with two attached hydrogens (primary N) is 1. The summed E-state index contributed by atoms with van der Waals surface area (Å²) in [5.74, 6) is 0. The molecule has 2 amide bonds. The van der Waals surface area contributed by atoms with Crippen molar-refractivity contribution in [3.63, 3.8) is 0 Å². The topological polar surface area (TPSA) is 135 Å². The summed E-state index contributed by atoms with van der Waals surface area (Å²) in [6, 6.07) is 0.375. The second-order valence-electron chi connectivity index (χ2n) is 4.91. The molecule has 0 saturated carbocycles. The number of urea groups is 1. The molecule has 1 rings (SSSR count). The average Bonchev–Trinajstić information content (AvgIpc) is 2.34. The number of hydrogen-bond acceptors (Lipinski definition) is 5. The molecule has 0 fully saturated rings. The lowest BCUT2D eigenvalue weighted by atomic mass is 10.3. The highest BCUT2D eigenvalue weighted by Gasteiger charge is 2.48. The number of nitrogens with one attached hydrogen (secondary N) is 2. The van der Waals surface area contributed by atoms with E-state index in [0.717, 1.165) is 6.07 Å². The first kappa shape index (κ1) is 20.2. The predicted octanol–water partition coefficient (Wildman–Crippen LogP) is 1.16. The molecular weight excluding hydrogens is 375 g/mol. The number of hydrogen-bond donors (Lipinski definition) is 3. The molecule has 0 aliphatic rings. The standard InChI is InChI=1S/C11H14F3N3O5S2/c1-6(2)16-10(18)17-8-4-3-7(24(15,21)22)5-9(8)23(19,20)11(12,13)14/h3-6H,1-2H3,(H2,15,21,22)(H2,16,17,18). The number of anilines is 1. The molecule has 4 N–H and O–H groups in total. The Bertz CT molecular complexity index is 848. The van der Waals surface area contributed by atoms with E-state index in [1.54, 1.807) is 13.8 Å². The highest BCUT2D eigenvalue weighted by Crippen LogP contribution is 2.35. The van der Waals surface area contributed by atoms with Crippen LogP contribution in [-0.2, 0) is 19.9 Å². The summed E-state index contributed by atoms with van der Waals surface area (Å²) < 4.78 is 84.1. The van der Waals surface area contributed by atoms with Gasteiger partial charge in [0.05, 0.1) is 10.6 Å². The van der Waals surface area contributed by atoms with Crippen molar-refractivity contribution >= 4 is 31.6 Å². The maximum atomic E-state index is 12.8. The van der Waals surface area contributed by atoms with E-state index in [2.05, 4.69) is 5.32 Å². The van der Waals surface area contributed by atoms with E-state index in [1.165, 1.54) is 0 Å². The Morgan fingerprint density at radius 2 is 1.71 bits per heavy atom. The van der Waals surface area contributed by atoms with Gasteiger partial charge in [0.1, 0.15) is 4.90 Å². The van der Waals surface area contributed by atoms with Gasteiger partial charge in [-0.15, -0.1) is 0 Å². The third-order valence-corrected chi connectivity index (χ3v) is 4.98. The first-order valence-corrected chi connectivity index (χ1v) is 9.25. The number of carbonyl (C=O) groups excluding carboxylic acids is 1. The zero-order chi connectivity index (χ0) is 18.9. The molecule has 0 aliphatic carbocycles. The van der Waals surface area contributed by atoms with Crippen molar-refractivity contribution in [2.45, 2.75) is 35.2 Å². The minimum atomic E-state index is -5.93. The molecule has 0 heterocycles. The van der Waals surface area contributed by atoms with Gasteiger partial charge in [-0.3, -0.25) is 0 Å². The number of halogens is 3. The molecule has 0 saturated heterocycles. The van der Waals surface area contributed by atoms with Crippen LogP contribution in [0.15, 0.2) is 28.0 Å². The Balaban J connectivity index is 3.53. The minimum absolute atomic E-state index is 0.239. The van der Waals surface area contributed by atoms with Crippen molar-refractivity contribution in [3.8, 4) is 0 Å². The van der Waals surface area contributed by atoms with Crippen LogP contribution in [0.5, 0.6) is 0 Å². The smallest absolute Gasteiger partial charge is 0.336 e. The van der Waals surface area contributed by atoms with Gasteiger partial charge in [-0.05, 0) is 32.0 Å². The van der Waals surface area contributed by atoms with E-state index in [9.17, 15) is 34.8 Å². The van der Waals surface area contributed by atoms with E-state index in [4.69, 9.17) is 5.14 Å². The number of benzene rings is 1. The maximum absolute atomic E-state index is 12.8. The molecule has 8 nitrogen and oxygen atoms in total. The Hall–Kier alpha value is -1.86. The molecule has 0 spiro atoms. The zero-order valence-corrected chi connectivity index (χ0v) is 14.0. The second-order valence-corrected chi connectivity index (χ2v) is 8.38. The first-order chi connectivity index (χ1) is 10.7. The number of sulfone groups is 1. The minimum Gasteiger partial charge on any atom is -0.336 e. The van der Waals surface area contributed by atoms with Gasteiger partial charge in [0.25, 0.3) is 9.84 Å². The van der Waals surface area contributed by atoms with Crippen LogP contribution >= 0.6 is 0 Å². The lowest BCUT2D eigenvalue weighted by Crippen LogP contribution is -2.35. The summed E-state index contributed by atoms with van der Waals surface area (Å²) in [4.78, 5) is 9.32. The van der Waals surface area contributed by atoms with E-state index in [0.29, 0.717) is 6.07 Å². The average molecular weight is 389 g/mol. The molecule has 0 bridgehead atoms. The van der Waals surface area contributed by atoms with Crippen molar-refractivity contribution in [3.05, 3.63) is 18.2 Å². The van der Waals surface area contributed by atoms with Crippen molar-refractivity contribution in [2.75, 3.05) is 5.32 Å². The van der Waals surface area contributed by atoms with Gasteiger partial charge in [0.15, 0.2) is 0 Å². The summed E-state index contributed by atoms with van der Waals surface area (Å²) >= 11 is 0. The largest absolute Gasteiger partial charge is 0.501 e. The lowest BCUT2D eigenvalue weighted by molar-refractivity contribution is -0.0435. The lowest BCUT2D eigenvalue weighted by Gasteiger charge is -2.16. The van der Waals surface area contributed by atoms with Gasteiger partial charge in [0.2, 0.25) is 10.0 Å². The molecule has 0 atom stereocenters. The van der Waals surface area contributed by atoms with Crippen molar-refractivity contribution in [2.24, 2.45) is 5.14 Å². The van der Waals surface area contributed by atoms with E-state index >= 15 is 0 Å². The van der Waals surface area contributed by atoms with Crippen LogP contribution in [0.4, 0.5) is 23.7 Å². The number of sulfonamides is 1. The fourth-order valence-corrected chi connectivity index (χ4v) is 3.11. The van der Waals surface area contributed by atoms with Crippen LogP contribution in [0.2, 0.25) is 0 Å². The number of carbonyl (C=O) groups is 1. The van der Waals surface area contributed by atoms with Gasteiger partial charge in [-0.25, -0.2) is 26.8 Å². The predicted molar refractivity (Wildman–Crippen MR) is 78.3 cm³/mol. The summed E-state index contributed by atoms with van der Waals surface area (Å²) in [5.41, 5.74) is -6.44. The number of primary sulfonamides is 1. The number of alkyl halides is 3. The quantitative estimate of drug-likeness (QED) is 0.710. The fourth-order valence-electron chi connectivity index (χ4n) is 1.55. The molecule has 13 heteroatoms. The maximum Gasteiger partial charge on any atom is 0.501 e. The van der Waals surface area contributed by atoms with Crippen LogP contribution in [0.3, 0.4) is 0 Å². The highest BCUT2D eigenvalue weighted by atomic mass is 32.2. The van der Waals surface area contributed by atoms with Crippen LogP contribution in [0.1, 0.15) is 13.8 Å². The monoisotopic (exact) mass is 389 g/mol. The molecule has 1 aromatic rings. The van der Waals surface area contributed by atoms with E-state index in [1.807, 2.05) is 5.32 Å². The van der Waals surface area contributed by atoms with Crippen molar-refractivity contribution in [1.29, 1.82) is 0 Å². The van der Waals surface area contributed by atoms with Gasteiger partial charge < -0.3 is 10.6 Å². The molecule has 136 valence electrons. The van der Waals surface area contributed by atoms with Crippen LogP contribution in [0, 0.1) is 0 Å². The molecular formula is C11H14F3N3O5S2. The first-order valence-electron chi connectivity index (χ1n) is 6.22. The molecule has 1 aromatic carbocycles. The van der Waals surface area contributed by atoms with Gasteiger partial charge in [0, 0.05) is 6.04 Å². The van der Waals surface area contributed by atoms with Crippen LogP contribution < -0.4 is 15.8 Å². The Morgan fingerprint density at radius 3 is 2.12 bits per heavy atom. The highest BCUT2D eigenvalue weighted by molar-refractivity contribution is 7.92. The normalized spacial score (nSPS) is 13.0. The van der Waals surface area contributed by atoms with Gasteiger partial charge in [-0.1, -0.05) is 0 Å². The molecule has 0 radical (unpaired) electrons. The molecule has 0 aliphatic heterocycles. The summed E-state index contributed by atoms with van der Waals surface area (Å²) in [7, 11) is -10.4. The third kappa shape index (κ3) is 4.58. The van der Waals surface area contributed by atoms with E-state index < -0.39 is 46.9 Å². The zero-order valence-electron chi connectivity index (χ0n) is 12.4. The Labute approximate surface area is 136 Å². The second kappa shape index (κ2) is 6.57. The summed E-state index contributed by atoms with van der Waals surface area (Å²) in [6.45, 7) is 3.13. The SMILES string of the molecule is CC(C)NC(=O)Nc1ccc(S(N)(=O)=O)cc1S(=O)(=O)C(F)(F)F. The number of rotatable bonds is 4. The van der Waals surface area contributed by atoms with Crippen LogP contribution in [-0.4, -0.2) is 34.4 Å². The van der Waals surface area contributed by atoms with Crippen molar-refractivity contribution < 1.29 is 34.8 Å². The molecule has 24 heavy (non-hydrogen) atoms. The molecule has 0 unspecified atom stereocenters. The van der Waals surface area contributed by atoms with Crippen LogP contribution in [0.25, 0.3) is 0 Å². The third-order valence-electron chi connectivity index (χ3n) is 2.54. The summed E-state index contributed by atoms with van der Waals surface area (Å²) in [5, 5.41) is 9.01. The Morgan fingerprint density at radius 1 is 1.17 bits per heavy atom. The molecule has 0 aromatic heterocycles.